The lowest BCUT2D eigenvalue weighted by Gasteiger charge is -2.32. The summed E-state index contributed by atoms with van der Waals surface area (Å²) >= 11 is 0. The monoisotopic (exact) mass is 281 g/mol. The molecule has 1 rings (SSSR count). The number of hydrogen-bond acceptors (Lipinski definition) is 2. The largest absolute Gasteiger partial charge is 0.490 e. The molecule has 20 heavy (non-hydrogen) atoms. The van der Waals surface area contributed by atoms with Gasteiger partial charge < -0.3 is 10.5 Å². The first-order chi connectivity index (χ1) is 9.07. The molecule has 0 amide bonds. The van der Waals surface area contributed by atoms with Crippen LogP contribution < -0.4 is 10.5 Å². The Bertz CT molecular complexity index is 443. The van der Waals surface area contributed by atoms with E-state index in [0.717, 1.165) is 11.3 Å². The van der Waals surface area contributed by atoms with E-state index >= 15 is 0 Å². The number of hydrogen-bond donors (Lipinski definition) is 1. The van der Waals surface area contributed by atoms with Gasteiger partial charge in [-0.3, -0.25) is 0 Å². The lowest BCUT2D eigenvalue weighted by Crippen LogP contribution is -2.26. The normalized spacial score (nSPS) is 14.2. The summed E-state index contributed by atoms with van der Waals surface area (Å²) in [6.07, 6.45) is -1.12. The zero-order chi connectivity index (χ0) is 15.6. The van der Waals surface area contributed by atoms with E-state index in [4.69, 9.17) is 10.5 Å². The van der Waals surface area contributed by atoms with E-state index in [1.807, 2.05) is 12.1 Å². The van der Waals surface area contributed by atoms with Crippen LogP contribution in [-0.4, -0.2) is 19.3 Å². The Hall–Kier alpha value is -1.09. The molecule has 114 valence electrons. The van der Waals surface area contributed by atoms with Gasteiger partial charge in [0.2, 0.25) is 0 Å². The molecule has 0 aromatic heterocycles. The summed E-state index contributed by atoms with van der Waals surface area (Å²) in [7, 11) is 0. The number of ether oxygens (including phenoxy) is 1. The Balaban J connectivity index is 3.24. The average Bonchev–Trinajstić information content (AvgIpc) is 2.33. The smallest absolute Gasteiger partial charge is 0.146 e. The second kappa shape index (κ2) is 6.13. The van der Waals surface area contributed by atoms with E-state index in [9.17, 15) is 4.39 Å². The second-order valence-electron chi connectivity index (χ2n) is 7.32. The number of halogens is 1. The maximum absolute atomic E-state index is 13.3. The zero-order valence-electron chi connectivity index (χ0n) is 13.6. The summed E-state index contributed by atoms with van der Waals surface area (Å²) < 4.78 is 19.0. The maximum Gasteiger partial charge on any atom is 0.146 e. The number of rotatable bonds is 4. The maximum atomic E-state index is 13.3. The van der Waals surface area contributed by atoms with E-state index in [2.05, 4.69) is 47.6 Å². The molecular formula is C17H28FNO. The lowest BCUT2D eigenvalue weighted by atomic mass is 9.75. The van der Waals surface area contributed by atoms with Gasteiger partial charge in [-0.1, -0.05) is 53.7 Å². The minimum Gasteiger partial charge on any atom is -0.490 e. The molecule has 0 fully saturated rings. The van der Waals surface area contributed by atoms with Gasteiger partial charge in [-0.15, -0.1) is 0 Å². The number of benzene rings is 1. The van der Waals surface area contributed by atoms with Crippen LogP contribution in [0.5, 0.6) is 5.75 Å². The molecule has 1 aromatic rings. The summed E-state index contributed by atoms with van der Waals surface area (Å²) in [5.74, 6) is 0.765. The van der Waals surface area contributed by atoms with Crippen molar-refractivity contribution in [2.75, 3.05) is 13.2 Å². The third kappa shape index (κ3) is 4.20. The van der Waals surface area contributed by atoms with Gasteiger partial charge in [0.1, 0.15) is 18.5 Å². The van der Waals surface area contributed by atoms with Crippen LogP contribution in [0.1, 0.15) is 52.7 Å². The van der Waals surface area contributed by atoms with Crippen molar-refractivity contribution in [1.29, 1.82) is 0 Å². The van der Waals surface area contributed by atoms with Crippen LogP contribution in [0.2, 0.25) is 0 Å². The van der Waals surface area contributed by atoms with Crippen molar-refractivity contribution in [2.45, 2.75) is 58.5 Å². The van der Waals surface area contributed by atoms with Gasteiger partial charge in [-0.05, 0) is 22.5 Å². The van der Waals surface area contributed by atoms with E-state index in [-0.39, 0.29) is 24.0 Å². The third-order valence-electron chi connectivity index (χ3n) is 3.26. The van der Waals surface area contributed by atoms with Gasteiger partial charge in [-0.25, -0.2) is 4.39 Å². The summed E-state index contributed by atoms with van der Waals surface area (Å²) in [6.45, 7) is 13.0. The molecule has 1 aromatic carbocycles. The molecule has 0 saturated heterocycles. The molecule has 0 aliphatic carbocycles. The molecule has 1 unspecified atom stereocenters. The van der Waals surface area contributed by atoms with Crippen LogP contribution in [0.15, 0.2) is 18.2 Å². The van der Waals surface area contributed by atoms with Gasteiger partial charge in [0.05, 0.1) is 0 Å². The molecular weight excluding hydrogens is 253 g/mol. The standard InChI is InChI=1S/C17H28FNO/c1-16(2,3)13-8-7-9-14(15(13)17(4,5)6)20-11-12(18)10-19/h7-9,12H,10-11,19H2,1-6H3. The molecule has 0 saturated carbocycles. The Morgan fingerprint density at radius 1 is 1.10 bits per heavy atom. The Labute approximate surface area is 122 Å². The van der Waals surface area contributed by atoms with Crippen molar-refractivity contribution in [3.8, 4) is 5.75 Å². The fourth-order valence-corrected chi connectivity index (χ4v) is 2.30. The van der Waals surface area contributed by atoms with Crippen LogP contribution in [0, 0.1) is 0 Å². The quantitative estimate of drug-likeness (QED) is 0.906. The average molecular weight is 281 g/mol. The topological polar surface area (TPSA) is 35.2 Å². The van der Waals surface area contributed by atoms with Crippen LogP contribution in [-0.2, 0) is 10.8 Å². The van der Waals surface area contributed by atoms with Crippen LogP contribution in [0.25, 0.3) is 0 Å². The summed E-state index contributed by atoms with van der Waals surface area (Å²) in [5, 5.41) is 0. The molecule has 0 aliphatic rings. The highest BCUT2D eigenvalue weighted by Crippen LogP contribution is 2.39. The van der Waals surface area contributed by atoms with E-state index < -0.39 is 6.17 Å². The lowest BCUT2D eigenvalue weighted by molar-refractivity contribution is 0.197. The molecule has 0 aliphatic heterocycles. The fourth-order valence-electron chi connectivity index (χ4n) is 2.30. The number of alkyl halides is 1. The summed E-state index contributed by atoms with van der Waals surface area (Å²) in [4.78, 5) is 0. The van der Waals surface area contributed by atoms with Gasteiger partial charge in [0.15, 0.2) is 0 Å². The Morgan fingerprint density at radius 3 is 2.15 bits per heavy atom. The van der Waals surface area contributed by atoms with Gasteiger partial charge in [0.25, 0.3) is 0 Å². The molecule has 0 bridgehead atoms. The van der Waals surface area contributed by atoms with Crippen LogP contribution >= 0.6 is 0 Å². The molecule has 3 heteroatoms. The Kier molecular flexibility index (Phi) is 5.20. The highest BCUT2D eigenvalue weighted by molar-refractivity contribution is 5.47. The zero-order valence-corrected chi connectivity index (χ0v) is 13.6. The summed E-state index contributed by atoms with van der Waals surface area (Å²) in [5.41, 5.74) is 7.65. The predicted molar refractivity (Wildman–Crippen MR) is 83.3 cm³/mol. The van der Waals surface area contributed by atoms with Crippen molar-refractivity contribution >= 4 is 0 Å². The van der Waals surface area contributed by atoms with Crippen molar-refractivity contribution in [3.05, 3.63) is 29.3 Å². The molecule has 2 N–H and O–H groups in total. The van der Waals surface area contributed by atoms with Crippen LogP contribution in [0.3, 0.4) is 0 Å². The first-order valence-electron chi connectivity index (χ1n) is 7.18. The van der Waals surface area contributed by atoms with Crippen molar-refractivity contribution < 1.29 is 9.13 Å². The highest BCUT2D eigenvalue weighted by Gasteiger charge is 2.28. The minimum absolute atomic E-state index is 0.00712. The first kappa shape index (κ1) is 17.0. The molecule has 0 heterocycles. The van der Waals surface area contributed by atoms with E-state index in [0.29, 0.717) is 0 Å². The van der Waals surface area contributed by atoms with Crippen molar-refractivity contribution in [3.63, 3.8) is 0 Å². The SMILES string of the molecule is CC(C)(C)c1cccc(OCC(F)CN)c1C(C)(C)C. The molecule has 0 spiro atoms. The van der Waals surface area contributed by atoms with Crippen LogP contribution in [0.4, 0.5) is 4.39 Å². The van der Waals surface area contributed by atoms with E-state index in [1.54, 1.807) is 0 Å². The second-order valence-corrected chi connectivity index (χ2v) is 7.32. The fraction of sp³-hybridized carbons (Fsp3) is 0.647. The van der Waals surface area contributed by atoms with Gasteiger partial charge in [0, 0.05) is 12.1 Å². The number of nitrogens with two attached hydrogens (primary N) is 1. The molecule has 1 atom stereocenters. The Morgan fingerprint density at radius 2 is 1.70 bits per heavy atom. The highest BCUT2D eigenvalue weighted by atomic mass is 19.1. The minimum atomic E-state index is -1.12. The van der Waals surface area contributed by atoms with Crippen molar-refractivity contribution in [1.82, 2.24) is 0 Å². The predicted octanol–water partition coefficient (Wildman–Crippen LogP) is 3.96. The van der Waals surface area contributed by atoms with Gasteiger partial charge >= 0.3 is 0 Å². The molecule has 2 nitrogen and oxygen atoms in total. The third-order valence-corrected chi connectivity index (χ3v) is 3.26. The summed E-state index contributed by atoms with van der Waals surface area (Å²) in [6, 6.07) is 6.02. The van der Waals surface area contributed by atoms with E-state index in [1.165, 1.54) is 5.56 Å². The van der Waals surface area contributed by atoms with Crippen molar-refractivity contribution in [2.24, 2.45) is 5.73 Å². The molecule has 0 radical (unpaired) electrons. The van der Waals surface area contributed by atoms with Gasteiger partial charge in [-0.2, -0.15) is 0 Å². The first-order valence-corrected chi connectivity index (χ1v) is 7.18.